The third-order valence-corrected chi connectivity index (χ3v) is 3.43. The Morgan fingerprint density at radius 1 is 1.21 bits per heavy atom. The molecule has 1 aliphatic heterocycles. The van der Waals surface area contributed by atoms with Crippen molar-refractivity contribution in [3.8, 4) is 0 Å². The predicted molar refractivity (Wildman–Crippen MR) is 73.7 cm³/mol. The average Bonchev–Trinajstić information content (AvgIpc) is 2.47. The van der Waals surface area contributed by atoms with Gasteiger partial charge in [-0.2, -0.15) is 0 Å². The largest absolute Gasteiger partial charge is 0.326 e. The Kier molecular flexibility index (Phi) is 3.01. The molecule has 1 unspecified atom stereocenters. The first-order valence-corrected chi connectivity index (χ1v) is 6.32. The van der Waals surface area contributed by atoms with Gasteiger partial charge in [0.2, 0.25) is 5.91 Å². The highest BCUT2D eigenvalue weighted by Gasteiger charge is 2.17. The van der Waals surface area contributed by atoms with Gasteiger partial charge in [-0.3, -0.25) is 9.78 Å². The van der Waals surface area contributed by atoms with Gasteiger partial charge in [-0.05, 0) is 35.2 Å². The summed E-state index contributed by atoms with van der Waals surface area (Å²) in [6.45, 7) is 0. The lowest BCUT2D eigenvalue weighted by Gasteiger charge is -2.19. The van der Waals surface area contributed by atoms with Crippen molar-refractivity contribution >= 4 is 11.6 Å². The first-order valence-electron chi connectivity index (χ1n) is 6.32. The summed E-state index contributed by atoms with van der Waals surface area (Å²) >= 11 is 0. The van der Waals surface area contributed by atoms with Gasteiger partial charge in [-0.1, -0.05) is 18.2 Å². The van der Waals surface area contributed by atoms with E-state index >= 15 is 0 Å². The van der Waals surface area contributed by atoms with Crippen LogP contribution in [0.4, 0.5) is 5.69 Å². The summed E-state index contributed by atoms with van der Waals surface area (Å²) in [6.07, 6.45) is 4.83. The van der Waals surface area contributed by atoms with Crippen molar-refractivity contribution in [1.82, 2.24) is 4.98 Å². The van der Waals surface area contributed by atoms with E-state index in [0.29, 0.717) is 6.42 Å². The van der Waals surface area contributed by atoms with Gasteiger partial charge < -0.3 is 11.1 Å². The van der Waals surface area contributed by atoms with Crippen molar-refractivity contribution in [3.63, 3.8) is 0 Å². The molecule has 0 aliphatic carbocycles. The number of amides is 1. The molecule has 0 radical (unpaired) electrons. The zero-order valence-corrected chi connectivity index (χ0v) is 10.5. The number of benzene rings is 1. The highest BCUT2D eigenvalue weighted by molar-refractivity contribution is 5.93. The van der Waals surface area contributed by atoms with Crippen molar-refractivity contribution < 1.29 is 4.79 Å². The van der Waals surface area contributed by atoms with Crippen molar-refractivity contribution in [2.45, 2.75) is 18.9 Å². The fourth-order valence-corrected chi connectivity index (χ4v) is 2.35. The molecule has 1 amide bonds. The Balaban J connectivity index is 1.92. The molecule has 0 spiro atoms. The SMILES string of the molecule is NC(c1cccnc1)c1ccc2c(c1)CCC(=O)N2. The van der Waals surface area contributed by atoms with Gasteiger partial charge in [0.05, 0.1) is 6.04 Å². The van der Waals surface area contributed by atoms with E-state index in [1.807, 2.05) is 24.3 Å². The number of nitrogens with two attached hydrogens (primary N) is 1. The number of carbonyl (C=O) groups excluding carboxylic acids is 1. The molecule has 0 fully saturated rings. The number of nitrogens with one attached hydrogen (secondary N) is 1. The van der Waals surface area contributed by atoms with Crippen LogP contribution < -0.4 is 11.1 Å². The molecule has 3 rings (SSSR count). The molecule has 2 aromatic rings. The Bertz CT molecular complexity index is 610. The maximum absolute atomic E-state index is 11.3. The second-order valence-electron chi connectivity index (χ2n) is 4.73. The minimum Gasteiger partial charge on any atom is -0.326 e. The lowest BCUT2D eigenvalue weighted by atomic mass is 9.95. The van der Waals surface area contributed by atoms with E-state index in [2.05, 4.69) is 16.4 Å². The summed E-state index contributed by atoms with van der Waals surface area (Å²) < 4.78 is 0. The highest BCUT2D eigenvalue weighted by Crippen LogP contribution is 2.27. The van der Waals surface area contributed by atoms with Gasteiger partial charge in [0, 0.05) is 24.5 Å². The van der Waals surface area contributed by atoms with E-state index in [0.717, 1.165) is 28.8 Å². The molecular formula is C15H15N3O. The molecule has 4 nitrogen and oxygen atoms in total. The summed E-state index contributed by atoms with van der Waals surface area (Å²) in [5, 5.41) is 2.87. The van der Waals surface area contributed by atoms with Gasteiger partial charge in [-0.25, -0.2) is 0 Å². The van der Waals surface area contributed by atoms with E-state index < -0.39 is 0 Å². The Labute approximate surface area is 111 Å². The van der Waals surface area contributed by atoms with Crippen molar-refractivity contribution in [2.24, 2.45) is 5.73 Å². The molecule has 96 valence electrons. The molecule has 1 aromatic carbocycles. The van der Waals surface area contributed by atoms with Crippen LogP contribution in [-0.2, 0) is 11.2 Å². The number of carbonyl (C=O) groups is 1. The molecule has 0 saturated carbocycles. The van der Waals surface area contributed by atoms with E-state index in [1.165, 1.54) is 0 Å². The quantitative estimate of drug-likeness (QED) is 0.860. The van der Waals surface area contributed by atoms with Gasteiger partial charge in [0.25, 0.3) is 0 Å². The molecule has 4 heteroatoms. The predicted octanol–water partition coefficient (Wildman–Crippen LogP) is 2.01. The van der Waals surface area contributed by atoms with Crippen LogP contribution in [0.25, 0.3) is 0 Å². The number of aromatic nitrogens is 1. The average molecular weight is 253 g/mol. The highest BCUT2D eigenvalue weighted by atomic mass is 16.1. The van der Waals surface area contributed by atoms with Crippen LogP contribution in [0.2, 0.25) is 0 Å². The summed E-state index contributed by atoms with van der Waals surface area (Å²) in [5.74, 6) is 0.0804. The Morgan fingerprint density at radius 2 is 2.11 bits per heavy atom. The summed E-state index contributed by atoms with van der Waals surface area (Å²) in [6, 6.07) is 9.63. The molecule has 19 heavy (non-hydrogen) atoms. The normalized spacial score (nSPS) is 15.5. The number of pyridine rings is 1. The molecule has 1 aromatic heterocycles. The Morgan fingerprint density at radius 3 is 2.89 bits per heavy atom. The first kappa shape index (κ1) is 11.9. The molecule has 1 atom stereocenters. The maximum Gasteiger partial charge on any atom is 0.224 e. The number of aryl methyl sites for hydroxylation is 1. The van der Waals surface area contributed by atoms with E-state index in [9.17, 15) is 4.79 Å². The number of nitrogens with zero attached hydrogens (tertiary/aromatic N) is 1. The second-order valence-corrected chi connectivity index (χ2v) is 4.73. The van der Waals surface area contributed by atoms with Crippen LogP contribution in [0.5, 0.6) is 0 Å². The van der Waals surface area contributed by atoms with E-state index in [4.69, 9.17) is 5.73 Å². The molecule has 1 aliphatic rings. The van der Waals surface area contributed by atoms with Crippen LogP contribution in [0, 0.1) is 0 Å². The molecule has 3 N–H and O–H groups in total. The number of hydrogen-bond acceptors (Lipinski definition) is 3. The van der Waals surface area contributed by atoms with Crippen LogP contribution in [-0.4, -0.2) is 10.9 Å². The van der Waals surface area contributed by atoms with Gasteiger partial charge in [0.1, 0.15) is 0 Å². The number of anilines is 1. The van der Waals surface area contributed by atoms with Crippen molar-refractivity contribution in [3.05, 3.63) is 59.4 Å². The fourth-order valence-electron chi connectivity index (χ4n) is 2.35. The molecule has 0 bridgehead atoms. The topological polar surface area (TPSA) is 68.0 Å². The van der Waals surface area contributed by atoms with Gasteiger partial charge >= 0.3 is 0 Å². The third kappa shape index (κ3) is 2.35. The summed E-state index contributed by atoms with van der Waals surface area (Å²) in [4.78, 5) is 15.4. The zero-order chi connectivity index (χ0) is 13.2. The van der Waals surface area contributed by atoms with E-state index in [-0.39, 0.29) is 11.9 Å². The van der Waals surface area contributed by atoms with Crippen LogP contribution in [0.3, 0.4) is 0 Å². The second kappa shape index (κ2) is 4.82. The summed E-state index contributed by atoms with van der Waals surface area (Å²) in [5.41, 5.74) is 10.3. The maximum atomic E-state index is 11.3. The molecule has 0 saturated heterocycles. The van der Waals surface area contributed by atoms with Gasteiger partial charge in [0.15, 0.2) is 0 Å². The monoisotopic (exact) mass is 253 g/mol. The smallest absolute Gasteiger partial charge is 0.224 e. The molecular weight excluding hydrogens is 238 g/mol. The fraction of sp³-hybridized carbons (Fsp3) is 0.200. The number of hydrogen-bond donors (Lipinski definition) is 2. The van der Waals surface area contributed by atoms with Gasteiger partial charge in [-0.15, -0.1) is 0 Å². The number of fused-ring (bicyclic) bond motifs is 1. The third-order valence-electron chi connectivity index (χ3n) is 3.43. The first-order chi connectivity index (χ1) is 9.24. The number of rotatable bonds is 2. The minimum absolute atomic E-state index is 0.0804. The minimum atomic E-state index is -0.184. The van der Waals surface area contributed by atoms with Crippen LogP contribution in [0.1, 0.15) is 29.2 Å². The lowest BCUT2D eigenvalue weighted by molar-refractivity contribution is -0.116. The van der Waals surface area contributed by atoms with Crippen LogP contribution >= 0.6 is 0 Å². The lowest BCUT2D eigenvalue weighted by Crippen LogP contribution is -2.20. The zero-order valence-electron chi connectivity index (χ0n) is 10.5. The van der Waals surface area contributed by atoms with Crippen molar-refractivity contribution in [1.29, 1.82) is 0 Å². The van der Waals surface area contributed by atoms with Crippen LogP contribution in [0.15, 0.2) is 42.7 Å². The molecule has 2 heterocycles. The standard InChI is InChI=1S/C15H15N3O/c16-15(12-2-1-7-17-9-12)11-3-5-13-10(8-11)4-6-14(19)18-13/h1-3,5,7-9,15H,4,6,16H2,(H,18,19). The summed E-state index contributed by atoms with van der Waals surface area (Å²) in [7, 11) is 0. The van der Waals surface area contributed by atoms with Crippen molar-refractivity contribution in [2.75, 3.05) is 5.32 Å². The Hall–Kier alpha value is -2.20. The van der Waals surface area contributed by atoms with E-state index in [1.54, 1.807) is 12.4 Å².